The van der Waals surface area contributed by atoms with Gasteiger partial charge in [-0.2, -0.15) is 4.98 Å². The maximum atomic E-state index is 13.2. The number of benzene rings is 1. The van der Waals surface area contributed by atoms with E-state index in [9.17, 15) is 14.7 Å². The van der Waals surface area contributed by atoms with Crippen LogP contribution in [0.15, 0.2) is 46.5 Å². The molecule has 0 aliphatic heterocycles. The van der Waals surface area contributed by atoms with Crippen LogP contribution < -0.4 is 10.9 Å². The van der Waals surface area contributed by atoms with Gasteiger partial charge in [0.2, 0.25) is 11.7 Å². The Morgan fingerprint density at radius 1 is 1.26 bits per heavy atom. The average Bonchev–Trinajstić information content (AvgIpc) is 3.41. The molecule has 3 aromatic heterocycles. The van der Waals surface area contributed by atoms with Crippen molar-refractivity contribution in [1.29, 1.82) is 0 Å². The Balaban J connectivity index is 1.55. The second kappa shape index (κ2) is 10.6. The summed E-state index contributed by atoms with van der Waals surface area (Å²) in [6, 6.07) is 9.65. The Kier molecular flexibility index (Phi) is 7.58. The van der Waals surface area contributed by atoms with Crippen molar-refractivity contribution in [2.24, 2.45) is 0 Å². The molecule has 0 spiro atoms. The highest BCUT2D eigenvalue weighted by molar-refractivity contribution is 7.99. The van der Waals surface area contributed by atoms with Crippen LogP contribution in [0.3, 0.4) is 0 Å². The zero-order valence-electron chi connectivity index (χ0n) is 20.1. The number of aliphatic hydroxyl groups is 1. The molecule has 10 nitrogen and oxygen atoms in total. The van der Waals surface area contributed by atoms with E-state index in [0.717, 1.165) is 11.3 Å². The number of carbonyl (C=O) groups is 1. The van der Waals surface area contributed by atoms with E-state index in [2.05, 4.69) is 20.3 Å². The number of amides is 1. The number of aromatic amines is 1. The molecule has 0 atom stereocenters. The van der Waals surface area contributed by atoms with Crippen molar-refractivity contribution in [3.05, 3.63) is 46.9 Å². The van der Waals surface area contributed by atoms with E-state index in [1.807, 2.05) is 51.1 Å². The van der Waals surface area contributed by atoms with Crippen molar-refractivity contribution in [2.45, 2.75) is 44.5 Å². The van der Waals surface area contributed by atoms with Crippen LogP contribution in [0.4, 0.5) is 0 Å². The van der Waals surface area contributed by atoms with Gasteiger partial charge in [-0.1, -0.05) is 42.1 Å². The molecule has 0 radical (unpaired) electrons. The van der Waals surface area contributed by atoms with Gasteiger partial charge in [0.1, 0.15) is 0 Å². The van der Waals surface area contributed by atoms with E-state index in [1.54, 1.807) is 10.8 Å². The summed E-state index contributed by atoms with van der Waals surface area (Å²) >= 11 is 1.21. The van der Waals surface area contributed by atoms with Crippen LogP contribution >= 0.6 is 11.8 Å². The van der Waals surface area contributed by atoms with E-state index in [0.29, 0.717) is 36.2 Å². The van der Waals surface area contributed by atoms with Crippen LogP contribution in [-0.4, -0.2) is 66.0 Å². The minimum atomic E-state index is -0.315. The predicted octanol–water partition coefficient (Wildman–Crippen LogP) is 2.45. The SMILES string of the molecule is CCOC(C)(C)CCNC(=O)CSc1nc2c(=O)n3cc(-c4ccccc4)[nH]c3nc2n1CCO. The lowest BCUT2D eigenvalue weighted by Crippen LogP contribution is -2.33. The fourth-order valence-corrected chi connectivity index (χ4v) is 4.71. The van der Waals surface area contributed by atoms with Crippen molar-refractivity contribution in [3.8, 4) is 11.3 Å². The molecule has 0 unspecified atom stereocenters. The zero-order valence-corrected chi connectivity index (χ0v) is 20.9. The van der Waals surface area contributed by atoms with Crippen LogP contribution in [0.1, 0.15) is 27.2 Å². The number of aliphatic hydroxyl groups excluding tert-OH is 1. The monoisotopic (exact) mass is 498 g/mol. The Bertz CT molecular complexity index is 1380. The van der Waals surface area contributed by atoms with Gasteiger partial charge in [-0.25, -0.2) is 9.38 Å². The van der Waals surface area contributed by atoms with E-state index in [-0.39, 0.29) is 41.5 Å². The lowest BCUT2D eigenvalue weighted by Gasteiger charge is -2.24. The molecule has 1 amide bonds. The van der Waals surface area contributed by atoms with Crippen LogP contribution in [0.25, 0.3) is 28.2 Å². The molecule has 0 aliphatic carbocycles. The molecule has 4 rings (SSSR count). The minimum absolute atomic E-state index is 0.126. The predicted molar refractivity (Wildman–Crippen MR) is 136 cm³/mol. The van der Waals surface area contributed by atoms with Gasteiger partial charge < -0.3 is 24.7 Å². The quantitative estimate of drug-likeness (QED) is 0.271. The van der Waals surface area contributed by atoms with Crippen molar-refractivity contribution in [3.63, 3.8) is 0 Å². The van der Waals surface area contributed by atoms with Crippen molar-refractivity contribution < 1.29 is 14.6 Å². The van der Waals surface area contributed by atoms with Crippen LogP contribution in [0.2, 0.25) is 0 Å². The molecule has 3 heterocycles. The molecule has 3 N–H and O–H groups in total. The number of H-pyrrole nitrogens is 1. The molecular weight excluding hydrogens is 468 g/mol. The van der Waals surface area contributed by atoms with Gasteiger partial charge in [-0.3, -0.25) is 9.59 Å². The van der Waals surface area contributed by atoms with Crippen LogP contribution in [0.5, 0.6) is 0 Å². The van der Waals surface area contributed by atoms with E-state index in [4.69, 9.17) is 4.74 Å². The highest BCUT2D eigenvalue weighted by Crippen LogP contribution is 2.23. The summed E-state index contributed by atoms with van der Waals surface area (Å²) in [5.74, 6) is 0.363. The number of hydrogen-bond donors (Lipinski definition) is 3. The number of aromatic nitrogens is 5. The Hall–Kier alpha value is -3.15. The Morgan fingerprint density at radius 2 is 2.03 bits per heavy atom. The number of rotatable bonds is 11. The van der Waals surface area contributed by atoms with Gasteiger partial charge in [0.05, 0.1) is 23.7 Å². The first-order chi connectivity index (χ1) is 16.8. The Morgan fingerprint density at radius 3 is 2.74 bits per heavy atom. The van der Waals surface area contributed by atoms with Gasteiger partial charge in [0.25, 0.3) is 5.56 Å². The number of imidazole rings is 2. The summed E-state index contributed by atoms with van der Waals surface area (Å²) in [6.07, 6.45) is 2.40. The molecule has 0 saturated carbocycles. The molecule has 1 aromatic carbocycles. The van der Waals surface area contributed by atoms with E-state index in [1.165, 1.54) is 16.2 Å². The minimum Gasteiger partial charge on any atom is -0.395 e. The first-order valence-corrected chi connectivity index (χ1v) is 12.5. The van der Waals surface area contributed by atoms with Crippen LogP contribution in [0, 0.1) is 0 Å². The number of hydrogen-bond acceptors (Lipinski definition) is 7. The molecule has 4 aromatic rings. The van der Waals surface area contributed by atoms with Crippen molar-refractivity contribution >= 4 is 34.6 Å². The van der Waals surface area contributed by atoms with Gasteiger partial charge >= 0.3 is 0 Å². The normalized spacial score (nSPS) is 12.0. The lowest BCUT2D eigenvalue weighted by molar-refractivity contribution is -0.118. The number of nitrogens with one attached hydrogen (secondary N) is 2. The standard InChI is InChI=1S/C24H30N6O4S/c1-4-34-24(2,3)10-11-25-18(32)15-35-23-27-19-20(29(23)12-13-31)28-22-26-17(14-30(22)21(19)33)16-8-6-5-7-9-16/h5-9,14,31H,4,10-13,15H2,1-3H3,(H,25,32)(H,26,28). The summed E-state index contributed by atoms with van der Waals surface area (Å²) in [7, 11) is 0. The molecule has 35 heavy (non-hydrogen) atoms. The molecule has 0 bridgehead atoms. The Labute approximate surface area is 206 Å². The van der Waals surface area contributed by atoms with Gasteiger partial charge in [-0.05, 0) is 32.8 Å². The van der Waals surface area contributed by atoms with E-state index >= 15 is 0 Å². The van der Waals surface area contributed by atoms with Crippen LogP contribution in [-0.2, 0) is 16.1 Å². The average molecular weight is 499 g/mol. The second-order valence-electron chi connectivity index (χ2n) is 8.67. The second-order valence-corrected chi connectivity index (χ2v) is 9.61. The number of ether oxygens (including phenoxy) is 1. The molecule has 0 fully saturated rings. The molecule has 11 heteroatoms. The highest BCUT2D eigenvalue weighted by atomic mass is 32.2. The molecular formula is C24H30N6O4S. The number of fused-ring (bicyclic) bond motifs is 2. The van der Waals surface area contributed by atoms with Gasteiger partial charge in [-0.15, -0.1) is 0 Å². The maximum Gasteiger partial charge on any atom is 0.287 e. The topological polar surface area (TPSA) is 127 Å². The number of nitrogens with zero attached hydrogens (tertiary/aromatic N) is 4. The largest absolute Gasteiger partial charge is 0.395 e. The number of carbonyl (C=O) groups excluding carboxylic acids is 1. The first-order valence-electron chi connectivity index (χ1n) is 11.5. The first kappa shape index (κ1) is 25.0. The molecule has 0 aliphatic rings. The zero-order chi connectivity index (χ0) is 25.0. The third-order valence-corrected chi connectivity index (χ3v) is 6.57. The summed E-state index contributed by atoms with van der Waals surface area (Å²) in [5.41, 5.74) is 1.63. The lowest BCUT2D eigenvalue weighted by atomic mass is 10.1. The summed E-state index contributed by atoms with van der Waals surface area (Å²) in [4.78, 5) is 37.9. The highest BCUT2D eigenvalue weighted by Gasteiger charge is 2.20. The summed E-state index contributed by atoms with van der Waals surface area (Å²) in [5, 5.41) is 13.0. The number of thioether (sulfide) groups is 1. The summed E-state index contributed by atoms with van der Waals surface area (Å²) < 4.78 is 8.76. The van der Waals surface area contributed by atoms with E-state index < -0.39 is 0 Å². The van der Waals surface area contributed by atoms with Crippen molar-refractivity contribution in [2.75, 3.05) is 25.5 Å². The fourth-order valence-electron chi connectivity index (χ4n) is 3.86. The molecule has 186 valence electrons. The maximum absolute atomic E-state index is 13.2. The third kappa shape index (κ3) is 5.58. The molecule has 0 saturated heterocycles. The fraction of sp³-hybridized carbons (Fsp3) is 0.417. The van der Waals surface area contributed by atoms with Gasteiger partial charge in [0.15, 0.2) is 16.3 Å². The van der Waals surface area contributed by atoms with Crippen molar-refractivity contribution in [1.82, 2.24) is 29.2 Å². The third-order valence-electron chi connectivity index (χ3n) is 5.60. The van der Waals surface area contributed by atoms with Gasteiger partial charge in [0, 0.05) is 25.9 Å². The summed E-state index contributed by atoms with van der Waals surface area (Å²) in [6.45, 7) is 7.09. The smallest absolute Gasteiger partial charge is 0.287 e.